The van der Waals surface area contributed by atoms with Crippen molar-refractivity contribution in [2.24, 2.45) is 16.6 Å². The first-order chi connectivity index (χ1) is 9.31. The van der Waals surface area contributed by atoms with Crippen molar-refractivity contribution in [3.63, 3.8) is 0 Å². The highest BCUT2D eigenvalue weighted by Gasteiger charge is 2.22. The van der Waals surface area contributed by atoms with E-state index in [0.29, 0.717) is 12.5 Å². The van der Waals surface area contributed by atoms with Crippen LogP contribution in [0.3, 0.4) is 0 Å². The number of benzene rings is 1. The molecule has 3 nitrogen and oxygen atoms in total. The Kier molecular flexibility index (Phi) is 3.72. The number of rotatable bonds is 5. The van der Waals surface area contributed by atoms with E-state index in [0.717, 1.165) is 18.4 Å². The van der Waals surface area contributed by atoms with Gasteiger partial charge in [-0.25, -0.2) is 4.99 Å². The average molecular weight is 257 g/mol. The molecule has 0 amide bonds. The molecule has 0 aromatic heterocycles. The minimum atomic E-state index is 0.582. The lowest BCUT2D eigenvalue weighted by Gasteiger charge is -2.25. The first-order valence-corrected chi connectivity index (χ1v) is 7.44. The predicted octanol–water partition coefficient (Wildman–Crippen LogP) is 2.77. The van der Waals surface area contributed by atoms with Crippen LogP contribution < -0.4 is 11.1 Å². The Morgan fingerprint density at radius 2 is 1.89 bits per heavy atom. The van der Waals surface area contributed by atoms with Gasteiger partial charge in [0, 0.05) is 6.54 Å². The van der Waals surface area contributed by atoms with Gasteiger partial charge in [0.1, 0.15) is 0 Å². The lowest BCUT2D eigenvalue weighted by Crippen LogP contribution is -2.37. The largest absolute Gasteiger partial charge is 0.370 e. The van der Waals surface area contributed by atoms with E-state index >= 15 is 0 Å². The maximum Gasteiger partial charge on any atom is 0.188 e. The zero-order valence-corrected chi connectivity index (χ0v) is 11.4. The summed E-state index contributed by atoms with van der Waals surface area (Å²) in [6, 6.07) is 8.83. The minimum absolute atomic E-state index is 0.582. The maximum absolute atomic E-state index is 5.88. The van der Waals surface area contributed by atoms with Gasteiger partial charge in [-0.3, -0.25) is 0 Å². The van der Waals surface area contributed by atoms with E-state index in [1.165, 1.54) is 43.2 Å². The second kappa shape index (κ2) is 5.64. The molecule has 0 radical (unpaired) electrons. The Bertz CT molecular complexity index is 442. The van der Waals surface area contributed by atoms with E-state index in [2.05, 4.69) is 34.6 Å². The van der Waals surface area contributed by atoms with Crippen molar-refractivity contribution >= 4 is 5.96 Å². The second-order valence-electron chi connectivity index (χ2n) is 5.90. The van der Waals surface area contributed by atoms with Crippen LogP contribution in [0.25, 0.3) is 0 Å². The molecule has 3 N–H and O–H groups in total. The number of aliphatic imine (C=N–C) groups is 1. The highest BCUT2D eigenvalue weighted by atomic mass is 15.1. The van der Waals surface area contributed by atoms with Crippen LogP contribution in [0.2, 0.25) is 0 Å². The maximum atomic E-state index is 5.88. The third kappa shape index (κ3) is 3.49. The lowest BCUT2D eigenvalue weighted by molar-refractivity contribution is 0.315. The molecule has 2 saturated carbocycles. The van der Waals surface area contributed by atoms with Crippen molar-refractivity contribution < 1.29 is 0 Å². The van der Waals surface area contributed by atoms with Crippen LogP contribution in [0, 0.1) is 5.92 Å². The Balaban J connectivity index is 1.46. The van der Waals surface area contributed by atoms with Crippen molar-refractivity contribution in [3.8, 4) is 0 Å². The first kappa shape index (κ1) is 12.5. The molecule has 1 aromatic rings. The van der Waals surface area contributed by atoms with Gasteiger partial charge >= 0.3 is 0 Å². The summed E-state index contributed by atoms with van der Waals surface area (Å²) in [5.41, 5.74) is 8.59. The number of guanidine groups is 1. The van der Waals surface area contributed by atoms with Crippen LogP contribution in [0.15, 0.2) is 29.3 Å². The van der Waals surface area contributed by atoms with Crippen LogP contribution in [0.1, 0.15) is 49.1 Å². The normalized spacial score (nSPS) is 20.1. The fraction of sp³-hybridized carbons (Fsp3) is 0.562. The summed E-state index contributed by atoms with van der Waals surface area (Å²) < 4.78 is 0. The van der Waals surface area contributed by atoms with Gasteiger partial charge in [-0.1, -0.05) is 30.7 Å². The van der Waals surface area contributed by atoms with Crippen molar-refractivity contribution in [2.75, 3.05) is 6.54 Å². The van der Waals surface area contributed by atoms with Gasteiger partial charge in [-0.15, -0.1) is 0 Å². The number of nitrogens with one attached hydrogen (secondary N) is 1. The predicted molar refractivity (Wildman–Crippen MR) is 79.1 cm³/mol. The monoisotopic (exact) mass is 257 g/mol. The molecule has 0 heterocycles. The molecule has 0 aliphatic heterocycles. The fourth-order valence-corrected chi connectivity index (χ4v) is 2.49. The van der Waals surface area contributed by atoms with Gasteiger partial charge in [-0.2, -0.15) is 0 Å². The van der Waals surface area contributed by atoms with Gasteiger partial charge in [-0.05, 0) is 48.6 Å². The van der Waals surface area contributed by atoms with Crippen LogP contribution in [-0.4, -0.2) is 12.5 Å². The highest BCUT2D eigenvalue weighted by molar-refractivity contribution is 5.77. The van der Waals surface area contributed by atoms with Crippen LogP contribution in [-0.2, 0) is 6.54 Å². The minimum Gasteiger partial charge on any atom is -0.370 e. The zero-order valence-electron chi connectivity index (χ0n) is 11.4. The molecule has 0 unspecified atom stereocenters. The summed E-state index contributed by atoms with van der Waals surface area (Å²) in [6.07, 6.45) is 6.76. The van der Waals surface area contributed by atoms with Crippen molar-refractivity contribution in [2.45, 2.75) is 44.6 Å². The van der Waals surface area contributed by atoms with E-state index < -0.39 is 0 Å². The second-order valence-corrected chi connectivity index (χ2v) is 5.90. The van der Waals surface area contributed by atoms with E-state index in [1.807, 2.05) is 0 Å². The molecular formula is C16H23N3. The quantitative estimate of drug-likeness (QED) is 0.629. The Labute approximate surface area is 115 Å². The molecule has 19 heavy (non-hydrogen) atoms. The van der Waals surface area contributed by atoms with Gasteiger partial charge < -0.3 is 11.1 Å². The molecular weight excluding hydrogens is 234 g/mol. The Morgan fingerprint density at radius 3 is 2.47 bits per heavy atom. The van der Waals surface area contributed by atoms with E-state index in [1.54, 1.807) is 0 Å². The Morgan fingerprint density at radius 1 is 1.16 bits per heavy atom. The molecule has 0 saturated heterocycles. The van der Waals surface area contributed by atoms with E-state index in [4.69, 9.17) is 5.73 Å². The summed E-state index contributed by atoms with van der Waals surface area (Å²) >= 11 is 0. The molecule has 2 aliphatic rings. The highest BCUT2D eigenvalue weighted by Crippen LogP contribution is 2.39. The topological polar surface area (TPSA) is 50.4 Å². The fourth-order valence-electron chi connectivity index (χ4n) is 2.49. The summed E-state index contributed by atoms with van der Waals surface area (Å²) in [7, 11) is 0. The first-order valence-electron chi connectivity index (χ1n) is 7.44. The molecule has 102 valence electrons. The van der Waals surface area contributed by atoms with Gasteiger partial charge in [0.2, 0.25) is 0 Å². The molecule has 0 atom stereocenters. The van der Waals surface area contributed by atoms with Gasteiger partial charge in [0.05, 0.1) is 6.54 Å². The van der Waals surface area contributed by atoms with Crippen molar-refractivity contribution in [3.05, 3.63) is 35.4 Å². The summed E-state index contributed by atoms with van der Waals surface area (Å²) in [5, 5.41) is 3.22. The zero-order chi connectivity index (χ0) is 13.1. The van der Waals surface area contributed by atoms with Gasteiger partial charge in [0.25, 0.3) is 0 Å². The summed E-state index contributed by atoms with van der Waals surface area (Å²) in [6.45, 7) is 1.66. The van der Waals surface area contributed by atoms with Crippen LogP contribution in [0.5, 0.6) is 0 Å². The van der Waals surface area contributed by atoms with E-state index in [-0.39, 0.29) is 0 Å². The molecule has 0 bridgehead atoms. The standard InChI is InChI=1S/C16H23N3/c17-16(18-10-12-2-1-3-12)19-11-13-4-6-14(7-5-13)15-8-9-15/h4-7,12,15H,1-3,8-11H2,(H3,17,18,19). The molecule has 0 spiro atoms. The average Bonchev–Trinajstić information content (AvgIpc) is 3.19. The van der Waals surface area contributed by atoms with Gasteiger partial charge in [0.15, 0.2) is 5.96 Å². The number of hydrogen-bond acceptors (Lipinski definition) is 1. The van der Waals surface area contributed by atoms with E-state index in [9.17, 15) is 0 Å². The SMILES string of the molecule is NC(=NCc1ccc(C2CC2)cc1)NCC1CCC1. The third-order valence-electron chi connectivity index (χ3n) is 4.26. The third-order valence-corrected chi connectivity index (χ3v) is 4.26. The van der Waals surface area contributed by atoms with Crippen molar-refractivity contribution in [1.29, 1.82) is 0 Å². The number of nitrogens with two attached hydrogens (primary N) is 1. The molecule has 2 aliphatic carbocycles. The lowest BCUT2D eigenvalue weighted by atomic mass is 9.85. The number of hydrogen-bond donors (Lipinski definition) is 2. The molecule has 1 aromatic carbocycles. The smallest absolute Gasteiger partial charge is 0.188 e. The number of nitrogens with zero attached hydrogens (tertiary/aromatic N) is 1. The van der Waals surface area contributed by atoms with Crippen LogP contribution in [0.4, 0.5) is 0 Å². The molecule has 3 heteroatoms. The molecule has 3 rings (SSSR count). The molecule has 2 fully saturated rings. The van der Waals surface area contributed by atoms with Crippen LogP contribution >= 0.6 is 0 Å². The summed E-state index contributed by atoms with van der Waals surface area (Å²) in [4.78, 5) is 4.40. The summed E-state index contributed by atoms with van der Waals surface area (Å²) in [5.74, 6) is 2.22. The Hall–Kier alpha value is -1.51. The van der Waals surface area contributed by atoms with Crippen molar-refractivity contribution in [1.82, 2.24) is 5.32 Å².